The first kappa shape index (κ1) is 14.3. The van der Waals surface area contributed by atoms with Gasteiger partial charge in [0.2, 0.25) is 5.91 Å². The normalized spacial score (nSPS) is 18.3. The van der Waals surface area contributed by atoms with Crippen LogP contribution in [0.3, 0.4) is 0 Å². The molecule has 1 unspecified atom stereocenters. The summed E-state index contributed by atoms with van der Waals surface area (Å²) in [7, 11) is 0. The maximum atomic E-state index is 11.7. The van der Waals surface area contributed by atoms with Crippen molar-refractivity contribution >= 4 is 27.5 Å². The number of rotatable bonds is 5. The topological polar surface area (TPSA) is 50.4 Å². The monoisotopic (exact) mass is 326 g/mol. The van der Waals surface area contributed by atoms with Gasteiger partial charge in [-0.1, -0.05) is 15.9 Å². The summed E-state index contributed by atoms with van der Waals surface area (Å²) in [4.78, 5) is 11.7. The summed E-state index contributed by atoms with van der Waals surface area (Å²) in [6, 6.07) is 5.93. The van der Waals surface area contributed by atoms with Crippen LogP contribution in [0.4, 0.5) is 5.69 Å². The van der Waals surface area contributed by atoms with Crippen LogP contribution in [0.15, 0.2) is 22.7 Å². The fourth-order valence-corrected chi connectivity index (χ4v) is 2.28. The van der Waals surface area contributed by atoms with Gasteiger partial charge in [0.15, 0.2) is 0 Å². The van der Waals surface area contributed by atoms with Gasteiger partial charge in [-0.3, -0.25) is 4.79 Å². The molecule has 0 radical (unpaired) electrons. The molecule has 1 aromatic carbocycles. The molecular weight excluding hydrogens is 308 g/mol. The molecule has 1 amide bonds. The second kappa shape index (κ2) is 6.91. The van der Waals surface area contributed by atoms with E-state index in [1.54, 1.807) is 0 Å². The third-order valence-electron chi connectivity index (χ3n) is 3.16. The third kappa shape index (κ3) is 4.51. The van der Waals surface area contributed by atoms with Gasteiger partial charge in [0.1, 0.15) is 0 Å². The van der Waals surface area contributed by atoms with E-state index in [-0.39, 0.29) is 18.6 Å². The summed E-state index contributed by atoms with van der Waals surface area (Å²) < 4.78 is 6.52. The minimum atomic E-state index is -0.00364. The summed E-state index contributed by atoms with van der Waals surface area (Å²) in [6.07, 6.45) is 2.33. The number of aryl methyl sites for hydroxylation is 1. The molecule has 0 spiro atoms. The van der Waals surface area contributed by atoms with E-state index in [0.29, 0.717) is 6.54 Å². The molecule has 19 heavy (non-hydrogen) atoms. The third-order valence-corrected chi connectivity index (χ3v) is 4.05. The Hall–Kier alpha value is -1.07. The Morgan fingerprint density at radius 2 is 2.37 bits per heavy atom. The molecule has 1 aliphatic rings. The molecule has 1 saturated heterocycles. The number of nitrogens with one attached hydrogen (secondary N) is 2. The van der Waals surface area contributed by atoms with Gasteiger partial charge in [-0.05, 0) is 43.5 Å². The summed E-state index contributed by atoms with van der Waals surface area (Å²) in [5.41, 5.74) is 2.10. The van der Waals surface area contributed by atoms with Crippen LogP contribution < -0.4 is 10.6 Å². The Balaban J connectivity index is 1.71. The molecular formula is C14H19BrN2O2. The SMILES string of the molecule is Cc1cc(NCC(=O)NCC2CCCO2)ccc1Br. The summed E-state index contributed by atoms with van der Waals surface area (Å²) in [6.45, 7) is 3.73. The summed E-state index contributed by atoms with van der Waals surface area (Å²) in [5, 5.41) is 6.00. The number of hydrogen-bond donors (Lipinski definition) is 2. The lowest BCUT2D eigenvalue weighted by atomic mass is 10.2. The van der Waals surface area contributed by atoms with E-state index in [9.17, 15) is 4.79 Å². The van der Waals surface area contributed by atoms with Gasteiger partial charge in [0.05, 0.1) is 12.6 Å². The molecule has 0 saturated carbocycles. The van der Waals surface area contributed by atoms with Crippen LogP contribution in [0.5, 0.6) is 0 Å². The van der Waals surface area contributed by atoms with Crippen molar-refractivity contribution in [3.63, 3.8) is 0 Å². The van der Waals surface area contributed by atoms with Crippen molar-refractivity contribution in [1.82, 2.24) is 5.32 Å². The van der Waals surface area contributed by atoms with E-state index in [2.05, 4.69) is 26.6 Å². The van der Waals surface area contributed by atoms with E-state index in [0.717, 1.165) is 35.2 Å². The first-order valence-corrected chi connectivity index (χ1v) is 7.33. The maximum absolute atomic E-state index is 11.7. The van der Waals surface area contributed by atoms with Gasteiger partial charge < -0.3 is 15.4 Å². The lowest BCUT2D eigenvalue weighted by Gasteiger charge is -2.12. The molecule has 1 aromatic rings. The number of carbonyl (C=O) groups excluding carboxylic acids is 1. The summed E-state index contributed by atoms with van der Waals surface area (Å²) >= 11 is 3.45. The van der Waals surface area contributed by atoms with Crippen LogP contribution in [-0.4, -0.2) is 31.7 Å². The van der Waals surface area contributed by atoms with Crippen molar-refractivity contribution in [2.75, 3.05) is 25.0 Å². The van der Waals surface area contributed by atoms with Crippen molar-refractivity contribution in [2.24, 2.45) is 0 Å². The van der Waals surface area contributed by atoms with Crippen LogP contribution in [-0.2, 0) is 9.53 Å². The van der Waals surface area contributed by atoms with Gasteiger partial charge >= 0.3 is 0 Å². The number of hydrogen-bond acceptors (Lipinski definition) is 3. The number of halogens is 1. The Bertz CT molecular complexity index is 445. The number of anilines is 1. The molecule has 104 valence electrons. The highest BCUT2D eigenvalue weighted by Crippen LogP contribution is 2.19. The van der Waals surface area contributed by atoms with Crippen LogP contribution in [0.25, 0.3) is 0 Å². The Morgan fingerprint density at radius 1 is 1.53 bits per heavy atom. The van der Waals surface area contributed by atoms with E-state index < -0.39 is 0 Å². The zero-order valence-electron chi connectivity index (χ0n) is 11.0. The fourth-order valence-electron chi connectivity index (χ4n) is 2.03. The number of carbonyl (C=O) groups is 1. The predicted molar refractivity (Wildman–Crippen MR) is 79.4 cm³/mol. The van der Waals surface area contributed by atoms with Crippen molar-refractivity contribution < 1.29 is 9.53 Å². The van der Waals surface area contributed by atoms with E-state index in [1.165, 1.54) is 0 Å². The van der Waals surface area contributed by atoms with Crippen molar-refractivity contribution in [3.05, 3.63) is 28.2 Å². The highest BCUT2D eigenvalue weighted by atomic mass is 79.9. The second-order valence-electron chi connectivity index (χ2n) is 4.76. The number of amides is 1. The second-order valence-corrected chi connectivity index (χ2v) is 5.61. The smallest absolute Gasteiger partial charge is 0.239 e. The van der Waals surface area contributed by atoms with Gasteiger partial charge in [0, 0.05) is 23.3 Å². The molecule has 4 nitrogen and oxygen atoms in total. The quantitative estimate of drug-likeness (QED) is 0.873. The van der Waals surface area contributed by atoms with Gasteiger partial charge in [0.25, 0.3) is 0 Å². The maximum Gasteiger partial charge on any atom is 0.239 e. The zero-order valence-corrected chi connectivity index (χ0v) is 12.6. The molecule has 1 fully saturated rings. The van der Waals surface area contributed by atoms with Crippen molar-refractivity contribution in [1.29, 1.82) is 0 Å². The molecule has 5 heteroatoms. The largest absolute Gasteiger partial charge is 0.376 e. The molecule has 0 bridgehead atoms. The highest BCUT2D eigenvalue weighted by Gasteiger charge is 2.15. The molecule has 1 aliphatic heterocycles. The van der Waals surface area contributed by atoms with Crippen LogP contribution >= 0.6 is 15.9 Å². The Kier molecular flexibility index (Phi) is 5.22. The minimum absolute atomic E-state index is 0.00364. The predicted octanol–water partition coefficient (Wildman–Crippen LogP) is 2.46. The molecule has 0 aromatic heterocycles. The number of ether oxygens (including phenoxy) is 1. The summed E-state index contributed by atoms with van der Waals surface area (Å²) in [5.74, 6) is -0.00364. The fraction of sp³-hybridized carbons (Fsp3) is 0.500. The minimum Gasteiger partial charge on any atom is -0.376 e. The highest BCUT2D eigenvalue weighted by molar-refractivity contribution is 9.10. The number of benzene rings is 1. The lowest BCUT2D eigenvalue weighted by Crippen LogP contribution is -2.35. The first-order valence-electron chi connectivity index (χ1n) is 6.53. The van der Waals surface area contributed by atoms with Crippen molar-refractivity contribution in [3.8, 4) is 0 Å². The average Bonchev–Trinajstić information content (AvgIpc) is 2.91. The van der Waals surface area contributed by atoms with Gasteiger partial charge in [-0.25, -0.2) is 0 Å². The first-order chi connectivity index (χ1) is 9.15. The molecule has 1 atom stereocenters. The molecule has 1 heterocycles. The van der Waals surface area contributed by atoms with Crippen LogP contribution in [0, 0.1) is 6.92 Å². The standard InChI is InChI=1S/C14H19BrN2O2/c1-10-7-11(4-5-13(10)15)16-9-14(18)17-8-12-3-2-6-19-12/h4-5,7,12,16H,2-3,6,8-9H2,1H3,(H,17,18). The molecule has 2 N–H and O–H groups in total. The van der Waals surface area contributed by atoms with Gasteiger partial charge in [-0.15, -0.1) is 0 Å². The Labute approximate surface area is 122 Å². The van der Waals surface area contributed by atoms with E-state index >= 15 is 0 Å². The van der Waals surface area contributed by atoms with Gasteiger partial charge in [-0.2, -0.15) is 0 Å². The van der Waals surface area contributed by atoms with E-state index in [1.807, 2.05) is 25.1 Å². The van der Waals surface area contributed by atoms with Crippen molar-refractivity contribution in [2.45, 2.75) is 25.9 Å². The van der Waals surface area contributed by atoms with E-state index in [4.69, 9.17) is 4.74 Å². The zero-order chi connectivity index (χ0) is 13.7. The average molecular weight is 327 g/mol. The molecule has 2 rings (SSSR count). The lowest BCUT2D eigenvalue weighted by molar-refractivity contribution is -0.119. The van der Waals surface area contributed by atoms with Crippen LogP contribution in [0.2, 0.25) is 0 Å². The van der Waals surface area contributed by atoms with Crippen LogP contribution in [0.1, 0.15) is 18.4 Å². The molecule has 0 aliphatic carbocycles. The Morgan fingerprint density at radius 3 is 3.05 bits per heavy atom.